The molecule has 2 N–H and O–H groups in total. The zero-order chi connectivity index (χ0) is 12.6. The number of nitrogens with one attached hydrogen (secondary N) is 1. The second-order valence-corrected chi connectivity index (χ2v) is 3.93. The number of nitrogens with zero attached hydrogens (tertiary/aromatic N) is 3. The number of carbonyl (C=O) groups is 2. The Morgan fingerprint density at radius 1 is 1.47 bits per heavy atom. The first-order valence-electron chi connectivity index (χ1n) is 5.29. The number of hydrogen-bond acceptors (Lipinski definition) is 3. The number of aromatic nitrogens is 2. The molecule has 92 valence electrons. The Kier molecular flexibility index (Phi) is 2.74. The van der Waals surface area contributed by atoms with E-state index < -0.39 is 5.97 Å². The van der Waals surface area contributed by atoms with Gasteiger partial charge in [0.05, 0.1) is 12.2 Å². The van der Waals surface area contributed by atoms with E-state index in [4.69, 9.17) is 5.11 Å². The minimum Gasteiger partial charge on any atom is -0.476 e. The van der Waals surface area contributed by atoms with E-state index in [0.29, 0.717) is 19.5 Å². The van der Waals surface area contributed by atoms with Gasteiger partial charge in [-0.3, -0.25) is 4.68 Å². The van der Waals surface area contributed by atoms with Crippen LogP contribution in [0.3, 0.4) is 0 Å². The minimum atomic E-state index is -1.02. The van der Waals surface area contributed by atoms with Crippen molar-refractivity contribution < 1.29 is 14.7 Å². The average Bonchev–Trinajstić information content (AvgIpc) is 2.65. The molecule has 0 unspecified atom stereocenters. The molecule has 17 heavy (non-hydrogen) atoms. The Bertz CT molecular complexity index is 480. The summed E-state index contributed by atoms with van der Waals surface area (Å²) in [6.07, 6.45) is 0.526. The number of aromatic carboxylic acids is 1. The van der Waals surface area contributed by atoms with Crippen molar-refractivity contribution in [3.8, 4) is 0 Å². The summed E-state index contributed by atoms with van der Waals surface area (Å²) in [5.74, 6) is -1.02. The summed E-state index contributed by atoms with van der Waals surface area (Å²) < 4.78 is 1.54. The summed E-state index contributed by atoms with van der Waals surface area (Å²) in [6.45, 7) is 0.907. The summed E-state index contributed by atoms with van der Waals surface area (Å²) in [7, 11) is 3.27. The van der Waals surface area contributed by atoms with Crippen LogP contribution < -0.4 is 5.32 Å². The van der Waals surface area contributed by atoms with Gasteiger partial charge in [-0.25, -0.2) is 9.59 Å². The second kappa shape index (κ2) is 4.08. The molecule has 0 radical (unpaired) electrons. The molecule has 0 aromatic carbocycles. The molecule has 1 aliphatic rings. The van der Waals surface area contributed by atoms with Crippen LogP contribution in [-0.2, 0) is 20.0 Å². The zero-order valence-corrected chi connectivity index (χ0v) is 9.73. The van der Waals surface area contributed by atoms with E-state index in [-0.39, 0.29) is 11.7 Å². The van der Waals surface area contributed by atoms with Crippen LogP contribution in [0.15, 0.2) is 0 Å². The monoisotopic (exact) mass is 238 g/mol. The quantitative estimate of drug-likeness (QED) is 0.710. The number of carboxylic acids is 1. The Morgan fingerprint density at radius 2 is 2.18 bits per heavy atom. The molecule has 0 fully saturated rings. The number of fused-ring (bicyclic) bond motifs is 1. The lowest BCUT2D eigenvalue weighted by Crippen LogP contribution is -2.41. The van der Waals surface area contributed by atoms with Gasteiger partial charge in [0.25, 0.3) is 0 Å². The Balaban J connectivity index is 2.33. The highest BCUT2D eigenvalue weighted by atomic mass is 16.4. The molecule has 0 bridgehead atoms. The third kappa shape index (κ3) is 1.83. The van der Waals surface area contributed by atoms with Crippen molar-refractivity contribution in [2.75, 3.05) is 13.6 Å². The van der Waals surface area contributed by atoms with Crippen LogP contribution in [0.5, 0.6) is 0 Å². The van der Waals surface area contributed by atoms with Gasteiger partial charge in [-0.2, -0.15) is 5.10 Å². The van der Waals surface area contributed by atoms with Crippen LogP contribution in [0.2, 0.25) is 0 Å². The fourth-order valence-electron chi connectivity index (χ4n) is 2.07. The molecule has 2 heterocycles. The van der Waals surface area contributed by atoms with E-state index >= 15 is 0 Å². The number of carbonyl (C=O) groups excluding carboxylic acids is 1. The number of carboxylic acid groups (broad SMARTS) is 1. The molecule has 2 amide bonds. The van der Waals surface area contributed by atoms with Crippen LogP contribution >= 0.6 is 0 Å². The highest BCUT2D eigenvalue weighted by Crippen LogP contribution is 2.21. The standard InChI is InChI=1S/C10H14N4O3/c1-11-10(17)14-4-3-6-7(5-14)13(2)12-8(6)9(15)16/h3-5H2,1-2H3,(H,11,17)(H,15,16). The maximum atomic E-state index is 11.5. The van der Waals surface area contributed by atoms with E-state index in [2.05, 4.69) is 10.4 Å². The summed E-state index contributed by atoms with van der Waals surface area (Å²) in [6, 6.07) is -0.159. The van der Waals surface area contributed by atoms with Gasteiger partial charge in [0.1, 0.15) is 0 Å². The second-order valence-electron chi connectivity index (χ2n) is 3.93. The molecule has 0 spiro atoms. The van der Waals surface area contributed by atoms with Gasteiger partial charge >= 0.3 is 12.0 Å². The van der Waals surface area contributed by atoms with Gasteiger partial charge in [-0.1, -0.05) is 0 Å². The predicted octanol–water partition coefficient (Wildman–Crippen LogP) is -0.184. The highest BCUT2D eigenvalue weighted by molar-refractivity contribution is 5.87. The van der Waals surface area contributed by atoms with Gasteiger partial charge < -0.3 is 15.3 Å². The molecule has 2 rings (SSSR count). The molecule has 0 saturated carbocycles. The van der Waals surface area contributed by atoms with Crippen molar-refractivity contribution >= 4 is 12.0 Å². The van der Waals surface area contributed by atoms with E-state index in [1.807, 2.05) is 0 Å². The molecule has 7 heteroatoms. The Morgan fingerprint density at radius 3 is 2.76 bits per heavy atom. The molecule has 0 saturated heterocycles. The topological polar surface area (TPSA) is 87.5 Å². The van der Waals surface area contributed by atoms with Gasteiger partial charge in [-0.05, 0) is 6.42 Å². The van der Waals surface area contributed by atoms with Crippen molar-refractivity contribution in [3.05, 3.63) is 17.0 Å². The largest absolute Gasteiger partial charge is 0.476 e. The molecule has 7 nitrogen and oxygen atoms in total. The summed E-state index contributed by atoms with van der Waals surface area (Å²) in [5.41, 5.74) is 1.62. The van der Waals surface area contributed by atoms with Crippen LogP contribution in [0, 0.1) is 0 Å². The summed E-state index contributed by atoms with van der Waals surface area (Å²) >= 11 is 0. The smallest absolute Gasteiger partial charge is 0.356 e. The maximum absolute atomic E-state index is 11.5. The van der Waals surface area contributed by atoms with Gasteiger partial charge in [-0.15, -0.1) is 0 Å². The van der Waals surface area contributed by atoms with Gasteiger partial charge in [0, 0.05) is 26.2 Å². The SMILES string of the molecule is CNC(=O)N1CCc2c(C(=O)O)nn(C)c2C1. The van der Waals surface area contributed by atoms with Crippen LogP contribution in [0.1, 0.15) is 21.7 Å². The number of rotatable bonds is 1. The van der Waals surface area contributed by atoms with E-state index in [9.17, 15) is 9.59 Å². The molecular weight excluding hydrogens is 224 g/mol. The van der Waals surface area contributed by atoms with Gasteiger partial charge in [0.2, 0.25) is 0 Å². The lowest BCUT2D eigenvalue weighted by Gasteiger charge is -2.26. The fraction of sp³-hybridized carbons (Fsp3) is 0.500. The first kappa shape index (κ1) is 11.4. The van der Waals surface area contributed by atoms with Crippen LogP contribution in [-0.4, -0.2) is 45.4 Å². The lowest BCUT2D eigenvalue weighted by atomic mass is 10.0. The summed E-state index contributed by atoms with van der Waals surface area (Å²) in [5, 5.41) is 15.5. The number of urea groups is 1. The molecule has 1 aromatic heterocycles. The molecule has 1 aromatic rings. The number of hydrogen-bond donors (Lipinski definition) is 2. The average molecular weight is 238 g/mol. The minimum absolute atomic E-state index is 0.0963. The zero-order valence-electron chi connectivity index (χ0n) is 9.73. The number of amides is 2. The summed E-state index contributed by atoms with van der Waals surface area (Å²) in [4.78, 5) is 24.1. The first-order valence-corrected chi connectivity index (χ1v) is 5.29. The van der Waals surface area contributed by atoms with Crippen LogP contribution in [0.25, 0.3) is 0 Å². The predicted molar refractivity (Wildman–Crippen MR) is 58.7 cm³/mol. The Hall–Kier alpha value is -2.05. The molecule has 0 atom stereocenters. The maximum Gasteiger partial charge on any atom is 0.356 e. The van der Waals surface area contributed by atoms with E-state index in [1.54, 1.807) is 19.0 Å². The van der Waals surface area contributed by atoms with Crippen molar-refractivity contribution in [2.24, 2.45) is 7.05 Å². The van der Waals surface area contributed by atoms with Crippen molar-refractivity contribution in [2.45, 2.75) is 13.0 Å². The van der Waals surface area contributed by atoms with Crippen molar-refractivity contribution in [1.82, 2.24) is 20.0 Å². The molecule has 0 aliphatic carbocycles. The Labute approximate surface area is 98.0 Å². The highest BCUT2D eigenvalue weighted by Gasteiger charge is 2.28. The first-order chi connectivity index (χ1) is 8.04. The third-order valence-electron chi connectivity index (χ3n) is 2.95. The number of aryl methyl sites for hydroxylation is 1. The fourth-order valence-corrected chi connectivity index (χ4v) is 2.07. The third-order valence-corrected chi connectivity index (χ3v) is 2.95. The van der Waals surface area contributed by atoms with E-state index in [1.165, 1.54) is 4.68 Å². The molecular formula is C10H14N4O3. The lowest BCUT2D eigenvalue weighted by molar-refractivity contribution is 0.0688. The van der Waals surface area contributed by atoms with Crippen molar-refractivity contribution in [1.29, 1.82) is 0 Å². The van der Waals surface area contributed by atoms with Gasteiger partial charge in [0.15, 0.2) is 5.69 Å². The van der Waals surface area contributed by atoms with Crippen LogP contribution in [0.4, 0.5) is 4.79 Å². The molecule has 1 aliphatic heterocycles. The van der Waals surface area contributed by atoms with Crippen molar-refractivity contribution in [3.63, 3.8) is 0 Å². The normalized spacial score (nSPS) is 14.4. The van der Waals surface area contributed by atoms with E-state index in [0.717, 1.165) is 11.3 Å².